The predicted molar refractivity (Wildman–Crippen MR) is 108 cm³/mol. The molecule has 7 nitrogen and oxygen atoms in total. The van der Waals surface area contributed by atoms with Crippen molar-refractivity contribution in [3.05, 3.63) is 29.5 Å². The van der Waals surface area contributed by atoms with Crippen LogP contribution in [0.3, 0.4) is 0 Å². The van der Waals surface area contributed by atoms with Crippen molar-refractivity contribution < 1.29 is 14.1 Å². The van der Waals surface area contributed by atoms with E-state index in [1.165, 1.54) is 0 Å². The van der Waals surface area contributed by atoms with Crippen LogP contribution in [0, 0.1) is 19.8 Å². The van der Waals surface area contributed by atoms with E-state index in [0.717, 1.165) is 86.7 Å². The maximum atomic E-state index is 12.8. The van der Waals surface area contributed by atoms with Gasteiger partial charge in [0.25, 0.3) is 0 Å². The van der Waals surface area contributed by atoms with Gasteiger partial charge in [-0.1, -0.05) is 5.16 Å². The number of rotatable bonds is 6. The summed E-state index contributed by atoms with van der Waals surface area (Å²) in [6.45, 7) is 6.28. The largest absolute Gasteiger partial charge is 0.381 e. The molecule has 0 aromatic carbocycles. The topological polar surface area (TPSA) is 81.4 Å². The van der Waals surface area contributed by atoms with Crippen LogP contribution in [0.5, 0.6) is 0 Å². The van der Waals surface area contributed by atoms with Gasteiger partial charge in [0, 0.05) is 38.4 Å². The molecule has 0 N–H and O–H groups in total. The summed E-state index contributed by atoms with van der Waals surface area (Å²) in [7, 11) is 0. The van der Waals surface area contributed by atoms with Crippen LogP contribution in [0.2, 0.25) is 0 Å². The minimum Gasteiger partial charge on any atom is -0.381 e. The summed E-state index contributed by atoms with van der Waals surface area (Å²) in [6, 6.07) is 0.325. The Morgan fingerprint density at radius 2 is 2.00 bits per heavy atom. The van der Waals surface area contributed by atoms with Crippen molar-refractivity contribution in [2.45, 2.75) is 64.8 Å². The molecule has 1 atom stereocenters. The molecule has 2 aromatic heterocycles. The lowest BCUT2D eigenvalue weighted by Gasteiger charge is -2.28. The molecule has 0 aliphatic carbocycles. The number of aryl methyl sites for hydroxylation is 3. The molecule has 0 radical (unpaired) electrons. The molecule has 2 fully saturated rings. The Labute approximate surface area is 171 Å². The molecular formula is C22H30N4O3. The summed E-state index contributed by atoms with van der Waals surface area (Å²) in [5.41, 5.74) is 3.50. The number of carbonyl (C=O) groups is 1. The fourth-order valence-corrected chi connectivity index (χ4v) is 4.56. The number of hydrogen-bond acceptors (Lipinski definition) is 6. The average Bonchev–Trinajstić information content (AvgIpc) is 3.34. The summed E-state index contributed by atoms with van der Waals surface area (Å²) in [4.78, 5) is 24.1. The fourth-order valence-electron chi connectivity index (χ4n) is 4.56. The molecule has 29 heavy (non-hydrogen) atoms. The molecule has 4 heterocycles. The van der Waals surface area contributed by atoms with E-state index in [-0.39, 0.29) is 0 Å². The third-order valence-corrected chi connectivity index (χ3v) is 6.23. The van der Waals surface area contributed by atoms with Crippen LogP contribution < -0.4 is 0 Å². The Kier molecular flexibility index (Phi) is 6.23. The van der Waals surface area contributed by atoms with Crippen molar-refractivity contribution in [2.24, 2.45) is 5.92 Å². The fraction of sp³-hybridized carbons (Fsp3) is 0.636. The third kappa shape index (κ3) is 4.66. The summed E-state index contributed by atoms with van der Waals surface area (Å²) in [5.74, 6) is 1.56. The van der Waals surface area contributed by atoms with Crippen LogP contribution in [-0.4, -0.2) is 51.7 Å². The van der Waals surface area contributed by atoms with Crippen LogP contribution in [0.15, 0.2) is 16.9 Å². The second kappa shape index (κ2) is 9.03. The highest BCUT2D eigenvalue weighted by atomic mass is 16.5. The molecule has 2 saturated heterocycles. The van der Waals surface area contributed by atoms with Gasteiger partial charge < -0.3 is 14.2 Å². The minimum atomic E-state index is 0.319. The van der Waals surface area contributed by atoms with E-state index in [2.05, 4.69) is 20.0 Å². The maximum absolute atomic E-state index is 12.8. The number of hydrogen-bond donors (Lipinski definition) is 0. The summed E-state index contributed by atoms with van der Waals surface area (Å²) < 4.78 is 10.6. The van der Waals surface area contributed by atoms with E-state index in [4.69, 9.17) is 9.26 Å². The van der Waals surface area contributed by atoms with Crippen LogP contribution in [0.1, 0.15) is 55.7 Å². The quantitative estimate of drug-likeness (QED) is 0.741. The Balaban J connectivity index is 1.32. The molecule has 0 unspecified atom stereocenters. The van der Waals surface area contributed by atoms with Gasteiger partial charge in [0.15, 0.2) is 0 Å². The molecule has 156 valence electrons. The van der Waals surface area contributed by atoms with Crippen molar-refractivity contribution >= 4 is 5.91 Å². The molecule has 7 heteroatoms. The van der Waals surface area contributed by atoms with Crippen molar-refractivity contribution in [3.8, 4) is 11.3 Å². The summed E-state index contributed by atoms with van der Waals surface area (Å²) in [5, 5.41) is 3.98. The first-order chi connectivity index (χ1) is 14.1. The molecule has 0 spiro atoms. The Hall–Kier alpha value is -2.28. The lowest BCUT2D eigenvalue weighted by molar-refractivity contribution is -0.133. The molecule has 2 aliphatic rings. The molecule has 2 aliphatic heterocycles. The van der Waals surface area contributed by atoms with E-state index < -0.39 is 0 Å². The number of likely N-dealkylation sites (tertiary alicyclic amines) is 1. The van der Waals surface area contributed by atoms with Gasteiger partial charge in [0.1, 0.15) is 5.76 Å². The molecule has 1 amide bonds. The summed E-state index contributed by atoms with van der Waals surface area (Å²) >= 11 is 0. The van der Waals surface area contributed by atoms with E-state index >= 15 is 0 Å². The predicted octanol–water partition coefficient (Wildman–Crippen LogP) is 3.49. The molecular weight excluding hydrogens is 368 g/mol. The normalized spacial score (nSPS) is 20.3. The highest BCUT2D eigenvalue weighted by molar-refractivity contribution is 5.77. The van der Waals surface area contributed by atoms with E-state index in [1.54, 1.807) is 6.20 Å². The van der Waals surface area contributed by atoms with E-state index in [0.29, 0.717) is 24.3 Å². The van der Waals surface area contributed by atoms with Gasteiger partial charge in [-0.2, -0.15) is 0 Å². The van der Waals surface area contributed by atoms with Gasteiger partial charge in [-0.05, 0) is 58.3 Å². The molecule has 4 rings (SSSR count). The molecule has 2 aromatic rings. The standard InChI is InChI=1S/C22H30N4O3/c1-15-22(16(2)29-25-15)20-14-23-18(13-24-20)5-6-19-4-3-9-26(19)21(27)12-17-7-10-28-11-8-17/h13-14,17,19H,3-12H2,1-2H3/t19-/m0/s1. The van der Waals surface area contributed by atoms with Crippen LogP contribution >= 0.6 is 0 Å². The third-order valence-electron chi connectivity index (χ3n) is 6.23. The van der Waals surface area contributed by atoms with Gasteiger partial charge in [-0.15, -0.1) is 0 Å². The number of nitrogens with zero attached hydrogens (tertiary/aromatic N) is 4. The van der Waals surface area contributed by atoms with Gasteiger partial charge >= 0.3 is 0 Å². The minimum absolute atomic E-state index is 0.319. The first-order valence-corrected chi connectivity index (χ1v) is 10.7. The second-order valence-electron chi connectivity index (χ2n) is 8.27. The highest BCUT2D eigenvalue weighted by Crippen LogP contribution is 2.27. The van der Waals surface area contributed by atoms with Gasteiger partial charge in [-0.25, -0.2) is 0 Å². The first-order valence-electron chi connectivity index (χ1n) is 10.7. The summed E-state index contributed by atoms with van der Waals surface area (Å²) in [6.07, 6.45) is 10.3. The smallest absolute Gasteiger partial charge is 0.223 e. The van der Waals surface area contributed by atoms with Crippen molar-refractivity contribution in [3.63, 3.8) is 0 Å². The van der Waals surface area contributed by atoms with Crippen LogP contribution in [0.25, 0.3) is 11.3 Å². The van der Waals surface area contributed by atoms with E-state index in [9.17, 15) is 4.79 Å². The second-order valence-corrected chi connectivity index (χ2v) is 8.27. The van der Waals surface area contributed by atoms with Crippen LogP contribution in [-0.2, 0) is 16.0 Å². The average molecular weight is 399 g/mol. The zero-order chi connectivity index (χ0) is 20.2. The molecule has 0 saturated carbocycles. The Morgan fingerprint density at radius 1 is 1.17 bits per heavy atom. The number of carbonyl (C=O) groups excluding carboxylic acids is 1. The zero-order valence-electron chi connectivity index (χ0n) is 17.4. The Morgan fingerprint density at radius 3 is 2.69 bits per heavy atom. The monoisotopic (exact) mass is 398 g/mol. The highest BCUT2D eigenvalue weighted by Gasteiger charge is 2.30. The SMILES string of the molecule is Cc1noc(C)c1-c1cnc(CC[C@@H]2CCCN2C(=O)CC2CCOCC2)cn1. The Bertz CT molecular complexity index is 808. The van der Waals surface area contributed by atoms with Crippen LogP contribution in [0.4, 0.5) is 0 Å². The molecule has 0 bridgehead atoms. The lowest BCUT2D eigenvalue weighted by Crippen LogP contribution is -2.37. The van der Waals surface area contributed by atoms with Crippen molar-refractivity contribution in [2.75, 3.05) is 19.8 Å². The number of aromatic nitrogens is 3. The maximum Gasteiger partial charge on any atom is 0.223 e. The number of amides is 1. The van der Waals surface area contributed by atoms with Crippen molar-refractivity contribution in [1.29, 1.82) is 0 Å². The lowest BCUT2D eigenvalue weighted by atomic mass is 9.95. The number of ether oxygens (including phenoxy) is 1. The van der Waals surface area contributed by atoms with Gasteiger partial charge in [-0.3, -0.25) is 14.8 Å². The first kappa shape index (κ1) is 20.0. The van der Waals surface area contributed by atoms with Gasteiger partial charge in [0.05, 0.1) is 28.8 Å². The zero-order valence-corrected chi connectivity index (χ0v) is 17.4. The van der Waals surface area contributed by atoms with E-state index in [1.807, 2.05) is 20.0 Å². The van der Waals surface area contributed by atoms with Gasteiger partial charge in [0.2, 0.25) is 5.91 Å². The van der Waals surface area contributed by atoms with Crippen molar-refractivity contribution in [1.82, 2.24) is 20.0 Å².